The zero-order chi connectivity index (χ0) is 14.2. The van der Waals surface area contributed by atoms with Crippen molar-refractivity contribution in [3.8, 4) is 5.75 Å². The van der Waals surface area contributed by atoms with Crippen molar-refractivity contribution in [3.63, 3.8) is 0 Å². The van der Waals surface area contributed by atoms with Gasteiger partial charge in [-0.05, 0) is 68.8 Å². The molecule has 114 valence electrons. The van der Waals surface area contributed by atoms with E-state index in [2.05, 4.69) is 36.5 Å². The van der Waals surface area contributed by atoms with Crippen LogP contribution in [0.2, 0.25) is 0 Å². The Labute approximate surface area is 128 Å². The molecule has 4 saturated carbocycles. The van der Waals surface area contributed by atoms with E-state index in [4.69, 9.17) is 4.74 Å². The van der Waals surface area contributed by atoms with Crippen LogP contribution in [-0.4, -0.2) is 12.6 Å². The third kappa shape index (κ3) is 2.59. The molecular formula is C19H27NO. The molecule has 5 rings (SSSR count). The summed E-state index contributed by atoms with van der Waals surface area (Å²) in [6.45, 7) is 3.76. The van der Waals surface area contributed by atoms with E-state index in [1.807, 2.05) is 0 Å². The molecule has 0 aliphatic heterocycles. The summed E-state index contributed by atoms with van der Waals surface area (Å²) < 4.78 is 5.75. The minimum Gasteiger partial charge on any atom is -0.494 e. The highest BCUT2D eigenvalue weighted by molar-refractivity contribution is 5.33. The van der Waals surface area contributed by atoms with E-state index in [1.165, 1.54) is 37.7 Å². The fourth-order valence-electron chi connectivity index (χ4n) is 5.43. The quantitative estimate of drug-likeness (QED) is 0.883. The molecule has 0 aromatic heterocycles. The molecular weight excluding hydrogens is 258 g/mol. The van der Waals surface area contributed by atoms with Crippen LogP contribution in [0.4, 0.5) is 0 Å². The molecule has 0 radical (unpaired) electrons. The zero-order valence-corrected chi connectivity index (χ0v) is 13.1. The van der Waals surface area contributed by atoms with Gasteiger partial charge in [-0.15, -0.1) is 0 Å². The Morgan fingerprint density at radius 2 is 1.67 bits per heavy atom. The van der Waals surface area contributed by atoms with Gasteiger partial charge in [0, 0.05) is 18.2 Å². The number of hydrogen-bond acceptors (Lipinski definition) is 2. The molecule has 0 atom stereocenters. The van der Waals surface area contributed by atoms with Crippen molar-refractivity contribution in [2.75, 3.05) is 6.61 Å². The molecule has 0 spiro atoms. The van der Waals surface area contributed by atoms with Crippen LogP contribution in [0.25, 0.3) is 0 Å². The highest BCUT2D eigenvalue weighted by Gasteiger charge is 2.47. The number of benzene rings is 1. The van der Waals surface area contributed by atoms with E-state index in [9.17, 15) is 0 Å². The number of ether oxygens (including phenoxy) is 1. The second-order valence-corrected chi connectivity index (χ2v) is 7.38. The van der Waals surface area contributed by atoms with Gasteiger partial charge in [0.15, 0.2) is 0 Å². The Balaban J connectivity index is 1.43. The third-order valence-electron chi connectivity index (χ3n) is 6.03. The fourth-order valence-corrected chi connectivity index (χ4v) is 5.43. The summed E-state index contributed by atoms with van der Waals surface area (Å²) in [6.07, 6.45) is 7.47. The predicted molar refractivity (Wildman–Crippen MR) is 85.3 cm³/mol. The standard InChI is InChI=1S/C19H27NO/c1-2-21-18-6-4-3-5-15(18)12-20-19-16-8-13-7-14(10-16)11-17(19)9-13/h3-6,13-14,16-17,19-20H,2,7-12H2,1H3. The first kappa shape index (κ1) is 13.6. The first-order valence-corrected chi connectivity index (χ1v) is 8.77. The molecule has 4 aliphatic rings. The van der Waals surface area contributed by atoms with Crippen LogP contribution in [0, 0.1) is 23.7 Å². The minimum absolute atomic E-state index is 0.745. The van der Waals surface area contributed by atoms with Crippen LogP contribution < -0.4 is 10.1 Å². The van der Waals surface area contributed by atoms with Gasteiger partial charge in [-0.3, -0.25) is 0 Å². The van der Waals surface area contributed by atoms with Crippen molar-refractivity contribution in [2.45, 2.75) is 51.6 Å². The molecule has 2 heteroatoms. The maximum absolute atomic E-state index is 5.75. The van der Waals surface area contributed by atoms with Gasteiger partial charge in [-0.25, -0.2) is 0 Å². The first-order chi connectivity index (χ1) is 10.3. The van der Waals surface area contributed by atoms with E-state index >= 15 is 0 Å². The normalized spacial score (nSPS) is 36.9. The first-order valence-electron chi connectivity index (χ1n) is 8.77. The summed E-state index contributed by atoms with van der Waals surface area (Å²) in [5, 5.41) is 3.90. The molecule has 0 saturated heterocycles. The molecule has 4 aliphatic carbocycles. The van der Waals surface area contributed by atoms with Gasteiger partial charge in [0.25, 0.3) is 0 Å². The predicted octanol–water partition coefficient (Wildman–Crippen LogP) is 4.00. The lowest BCUT2D eigenvalue weighted by Crippen LogP contribution is -2.54. The van der Waals surface area contributed by atoms with Gasteiger partial charge in [-0.1, -0.05) is 18.2 Å². The monoisotopic (exact) mass is 285 g/mol. The molecule has 0 heterocycles. The number of rotatable bonds is 5. The van der Waals surface area contributed by atoms with Crippen molar-refractivity contribution in [3.05, 3.63) is 29.8 Å². The van der Waals surface area contributed by atoms with E-state index in [1.54, 1.807) is 0 Å². The molecule has 4 bridgehead atoms. The van der Waals surface area contributed by atoms with E-state index in [0.717, 1.165) is 48.6 Å². The summed E-state index contributed by atoms with van der Waals surface area (Å²) in [7, 11) is 0. The van der Waals surface area contributed by atoms with Crippen LogP contribution in [0.5, 0.6) is 5.75 Å². The van der Waals surface area contributed by atoms with Crippen molar-refractivity contribution in [1.29, 1.82) is 0 Å². The molecule has 1 N–H and O–H groups in total. The van der Waals surface area contributed by atoms with E-state index in [0.29, 0.717) is 0 Å². The molecule has 1 aromatic carbocycles. The van der Waals surface area contributed by atoms with Gasteiger partial charge >= 0.3 is 0 Å². The molecule has 2 nitrogen and oxygen atoms in total. The van der Waals surface area contributed by atoms with E-state index in [-0.39, 0.29) is 0 Å². The van der Waals surface area contributed by atoms with Crippen molar-refractivity contribution in [1.82, 2.24) is 5.32 Å². The van der Waals surface area contributed by atoms with Gasteiger partial charge in [0.2, 0.25) is 0 Å². The molecule has 0 unspecified atom stereocenters. The van der Waals surface area contributed by atoms with Crippen molar-refractivity contribution in [2.24, 2.45) is 23.7 Å². The molecule has 1 aromatic rings. The number of hydrogen-bond donors (Lipinski definition) is 1. The molecule has 4 fully saturated rings. The van der Waals surface area contributed by atoms with Gasteiger partial charge in [0.05, 0.1) is 6.61 Å². The summed E-state index contributed by atoms with van der Waals surface area (Å²) in [6, 6.07) is 9.24. The Kier molecular flexibility index (Phi) is 3.66. The smallest absolute Gasteiger partial charge is 0.123 e. The van der Waals surface area contributed by atoms with Gasteiger partial charge in [-0.2, -0.15) is 0 Å². The third-order valence-corrected chi connectivity index (χ3v) is 6.03. The summed E-state index contributed by atoms with van der Waals surface area (Å²) in [4.78, 5) is 0. The van der Waals surface area contributed by atoms with E-state index < -0.39 is 0 Å². The van der Waals surface area contributed by atoms with Crippen LogP contribution >= 0.6 is 0 Å². The topological polar surface area (TPSA) is 21.3 Å². The minimum atomic E-state index is 0.745. The van der Waals surface area contributed by atoms with Crippen molar-refractivity contribution < 1.29 is 4.74 Å². The fraction of sp³-hybridized carbons (Fsp3) is 0.684. The SMILES string of the molecule is CCOc1ccccc1CNC1C2CC3CC(C2)CC1C3. The van der Waals surface area contributed by atoms with Crippen LogP contribution in [0.3, 0.4) is 0 Å². The maximum atomic E-state index is 5.75. The van der Waals surface area contributed by atoms with Crippen molar-refractivity contribution >= 4 is 0 Å². The second kappa shape index (κ2) is 5.64. The lowest BCUT2D eigenvalue weighted by Gasteiger charge is -2.54. The van der Waals surface area contributed by atoms with Gasteiger partial charge in [0.1, 0.15) is 5.75 Å². The average Bonchev–Trinajstić information content (AvgIpc) is 2.47. The maximum Gasteiger partial charge on any atom is 0.123 e. The highest BCUT2D eigenvalue weighted by Crippen LogP contribution is 2.53. The lowest BCUT2D eigenvalue weighted by atomic mass is 9.54. The van der Waals surface area contributed by atoms with Crippen LogP contribution in [0.1, 0.15) is 44.6 Å². The van der Waals surface area contributed by atoms with Crippen LogP contribution in [-0.2, 0) is 6.54 Å². The van der Waals surface area contributed by atoms with Gasteiger partial charge < -0.3 is 10.1 Å². The Morgan fingerprint density at radius 3 is 2.33 bits per heavy atom. The summed E-state index contributed by atoms with van der Waals surface area (Å²) in [5.74, 6) is 5.06. The largest absolute Gasteiger partial charge is 0.494 e. The lowest BCUT2D eigenvalue weighted by molar-refractivity contribution is -0.0143. The molecule has 0 amide bonds. The summed E-state index contributed by atoms with van der Waals surface area (Å²) >= 11 is 0. The Hall–Kier alpha value is -1.02. The highest BCUT2D eigenvalue weighted by atomic mass is 16.5. The number of nitrogens with one attached hydrogen (secondary N) is 1. The molecule has 21 heavy (non-hydrogen) atoms. The Morgan fingerprint density at radius 1 is 1.00 bits per heavy atom. The summed E-state index contributed by atoms with van der Waals surface area (Å²) in [5.41, 5.74) is 1.31. The van der Waals surface area contributed by atoms with Crippen LogP contribution in [0.15, 0.2) is 24.3 Å². The average molecular weight is 285 g/mol. The second-order valence-electron chi connectivity index (χ2n) is 7.38. The number of para-hydroxylation sites is 1. The Bertz CT molecular complexity index is 470. The zero-order valence-electron chi connectivity index (χ0n) is 13.1.